The van der Waals surface area contributed by atoms with E-state index >= 15 is 0 Å². The third-order valence-corrected chi connectivity index (χ3v) is 36.4. The third-order valence-electron chi connectivity index (χ3n) is 12.6. The number of alkyl halides is 12. The van der Waals surface area contributed by atoms with Gasteiger partial charge in [-0.05, 0) is 48.9 Å². The van der Waals surface area contributed by atoms with Crippen LogP contribution in [0.4, 0.5) is 56.8 Å². The standard InChI is InChI=1S/C10H20Si.C10H18Si.C8H10F6Si.C8H13F3Si.C8H12Si.C7H11F3Si.C7H13FSi/c2*1-5-8-11(4,9-6-2)10-7-3;1-4-15(3,5-2)6(7(9,10)11)8(12,13)14;1-5-12(4,6-2)7(3)8(9,10)11;1-5-9(6-2,7-3)8-4;1-4-11(3,5-2)6-7(8,9)10;1-4-6-9(3,8)7-5-2/h5-6H,1-2,7-10H2,3-4H3;5-7H,1-3,8-10H2,4H3;4-6H,1-2H2,3H3;5-7H,1-2H2,3-4H3;5-8H,1-4H2;4-5H,1-2,6H2,3H3;4-5H,1-2,6-7H2,3H3. The summed E-state index contributed by atoms with van der Waals surface area (Å²) in [4.78, 5) is 0. The van der Waals surface area contributed by atoms with Gasteiger partial charge in [-0.3, -0.25) is 0 Å². The topological polar surface area (TPSA) is 0 Å². The van der Waals surface area contributed by atoms with Crippen LogP contribution in [0, 0.1) is 0 Å². The second-order valence-electron chi connectivity index (χ2n) is 20.1. The largest absolute Gasteiger partial charge is 0.398 e. The van der Waals surface area contributed by atoms with Crippen molar-refractivity contribution in [1.82, 2.24) is 0 Å². The Morgan fingerprint density at radius 2 is 0.641 bits per heavy atom. The Balaban J connectivity index is -0.000000152. The first-order valence-electron chi connectivity index (χ1n) is 24.9. The van der Waals surface area contributed by atoms with Gasteiger partial charge in [0.2, 0.25) is 0 Å². The van der Waals surface area contributed by atoms with E-state index in [1.54, 1.807) is 31.8 Å². The van der Waals surface area contributed by atoms with Crippen molar-refractivity contribution in [3.63, 3.8) is 0 Å². The van der Waals surface area contributed by atoms with Gasteiger partial charge in [-0.2, -0.15) is 52.7 Å². The van der Waals surface area contributed by atoms with Gasteiger partial charge >= 0.3 is 24.7 Å². The summed E-state index contributed by atoms with van der Waals surface area (Å²) in [6.07, 6.45) is -4.03. The number of hydrogen-bond donors (Lipinski definition) is 0. The fraction of sp³-hybridized carbons (Fsp3) is 0.414. The molecule has 0 saturated heterocycles. The molecule has 0 aliphatic rings. The van der Waals surface area contributed by atoms with Crippen LogP contribution in [0.15, 0.2) is 211 Å². The molecule has 0 heterocycles. The monoisotopic (exact) mass is 1240 g/mol. The van der Waals surface area contributed by atoms with Gasteiger partial charge < -0.3 is 4.11 Å². The second-order valence-corrected chi connectivity index (χ2v) is 49.9. The van der Waals surface area contributed by atoms with Crippen molar-refractivity contribution in [2.45, 2.75) is 150 Å². The average molecular weight is 1240 g/mol. The third kappa shape index (κ3) is 41.2. The predicted octanol–water partition coefficient (Wildman–Crippen LogP) is 23.3. The molecule has 0 saturated carbocycles. The normalized spacial score (nSPS) is 12.3. The Morgan fingerprint density at radius 3 is 0.769 bits per heavy atom. The Hall–Kier alpha value is -3.81. The minimum Gasteiger partial charge on any atom is -0.313 e. The van der Waals surface area contributed by atoms with Crippen molar-refractivity contribution in [3.05, 3.63) is 211 Å². The number of rotatable bonds is 29. The quantitative estimate of drug-likeness (QED) is 0.0303. The average Bonchev–Trinajstić information content (AvgIpc) is 3.31. The smallest absolute Gasteiger partial charge is 0.313 e. The van der Waals surface area contributed by atoms with E-state index in [0.717, 1.165) is 17.9 Å². The number of hydrogen-bond acceptors (Lipinski definition) is 0. The predicted molar refractivity (Wildman–Crippen MR) is 341 cm³/mol. The van der Waals surface area contributed by atoms with Crippen molar-refractivity contribution in [2.24, 2.45) is 0 Å². The minimum absolute atomic E-state index is 0.541. The van der Waals surface area contributed by atoms with Crippen LogP contribution in [0.5, 0.6) is 0 Å². The first-order valence-corrected chi connectivity index (χ1v) is 44.6. The molecule has 0 spiro atoms. The van der Waals surface area contributed by atoms with E-state index in [9.17, 15) is 56.8 Å². The number of halogens is 13. The lowest BCUT2D eigenvalue weighted by molar-refractivity contribution is -0.232. The van der Waals surface area contributed by atoms with Crippen LogP contribution in [0.3, 0.4) is 0 Å². The van der Waals surface area contributed by atoms with Crippen molar-refractivity contribution in [1.29, 1.82) is 0 Å². The van der Waals surface area contributed by atoms with E-state index in [0.29, 0.717) is 12.1 Å². The zero-order chi connectivity index (χ0) is 63.7. The van der Waals surface area contributed by atoms with E-state index in [1.165, 1.54) is 72.4 Å². The van der Waals surface area contributed by atoms with E-state index in [2.05, 4.69) is 144 Å². The van der Waals surface area contributed by atoms with Crippen LogP contribution in [-0.4, -0.2) is 81.6 Å². The SMILES string of the molecule is C=CC[Si](C)(CC=C)CC=C.C=CC[Si](C)(CC=C)CCC.C=CC[Si](C)(F)CC=C.C=C[Si](C)(C=C)C(C(F)(F)F)C(F)(F)F.C=C[Si](C)(C=C)C(C)C(F)(F)F.C=C[Si](C)(C=C)CC(F)(F)F.C=C[Si](C=C)(C=C)C=C. The summed E-state index contributed by atoms with van der Waals surface area (Å²) in [6, 6.07) is 7.73. The Labute approximate surface area is 472 Å². The van der Waals surface area contributed by atoms with Crippen LogP contribution in [-0.2, 0) is 0 Å². The molecule has 0 aromatic rings. The molecule has 78 heavy (non-hydrogen) atoms. The van der Waals surface area contributed by atoms with E-state index < -0.39 is 98.7 Å². The first-order chi connectivity index (χ1) is 35.3. The Morgan fingerprint density at radius 1 is 0.372 bits per heavy atom. The van der Waals surface area contributed by atoms with Crippen molar-refractivity contribution in [2.75, 3.05) is 0 Å². The first kappa shape index (κ1) is 88.0. The van der Waals surface area contributed by atoms with Crippen LogP contribution in [0.2, 0.25) is 105 Å². The molecular weight excluding hydrogens is 1140 g/mol. The highest BCUT2D eigenvalue weighted by molar-refractivity contribution is 6.97. The van der Waals surface area contributed by atoms with Gasteiger partial charge in [-0.1, -0.05) is 159 Å². The summed E-state index contributed by atoms with van der Waals surface area (Å²) >= 11 is 0. The molecule has 1 atom stereocenters. The molecule has 0 aliphatic carbocycles. The van der Waals surface area contributed by atoms with Gasteiger partial charge in [0, 0.05) is 6.04 Å². The van der Waals surface area contributed by atoms with E-state index in [1.807, 2.05) is 41.0 Å². The molecule has 448 valence electrons. The summed E-state index contributed by atoms with van der Waals surface area (Å²) < 4.78 is 159. The molecule has 0 aliphatic heterocycles. The molecule has 0 aromatic carbocycles. The molecule has 0 nitrogen and oxygen atoms in total. The van der Waals surface area contributed by atoms with Gasteiger partial charge in [0.05, 0.1) is 21.7 Å². The van der Waals surface area contributed by atoms with Crippen molar-refractivity contribution in [3.8, 4) is 0 Å². The second kappa shape index (κ2) is 42.1. The highest BCUT2D eigenvalue weighted by Crippen LogP contribution is 2.50. The van der Waals surface area contributed by atoms with E-state index in [-0.39, 0.29) is 0 Å². The lowest BCUT2D eigenvalue weighted by Gasteiger charge is -2.33. The summed E-state index contributed by atoms with van der Waals surface area (Å²) in [7, 11) is -14.9. The summed E-state index contributed by atoms with van der Waals surface area (Å²) in [5, 5.41) is 0. The minimum atomic E-state index is -5.32. The Bertz CT molecular complexity index is 1750. The lowest BCUT2D eigenvalue weighted by atomic mass is 10.4. The summed E-state index contributed by atoms with van der Waals surface area (Å²) in [5.74, 6) is 0. The van der Waals surface area contributed by atoms with Gasteiger partial charge in [0.15, 0.2) is 0 Å². The van der Waals surface area contributed by atoms with Crippen LogP contribution < -0.4 is 0 Å². The molecule has 0 amide bonds. The summed E-state index contributed by atoms with van der Waals surface area (Å²) in [5.41, 5.74) is 10.0. The zero-order valence-electron chi connectivity index (χ0n) is 48.5. The Kier molecular flexibility index (Phi) is 47.5. The fourth-order valence-electron chi connectivity index (χ4n) is 6.73. The van der Waals surface area contributed by atoms with Crippen LogP contribution >= 0.6 is 0 Å². The maximum atomic E-state index is 13.1. The van der Waals surface area contributed by atoms with Crippen molar-refractivity contribution < 1.29 is 56.8 Å². The van der Waals surface area contributed by atoms with Gasteiger partial charge in [0.25, 0.3) is 8.41 Å². The maximum Gasteiger partial charge on any atom is 0.398 e. The zero-order valence-corrected chi connectivity index (χ0v) is 55.5. The molecule has 0 radical (unpaired) electrons. The number of allylic oxidation sites excluding steroid dienone is 7. The van der Waals surface area contributed by atoms with Crippen LogP contribution in [0.1, 0.15) is 20.3 Å². The van der Waals surface area contributed by atoms with E-state index in [4.69, 9.17) is 0 Å². The molecule has 0 N–H and O–H groups in total. The van der Waals surface area contributed by atoms with Crippen molar-refractivity contribution >= 4 is 56.9 Å². The highest BCUT2D eigenvalue weighted by Gasteiger charge is 2.63. The molecule has 20 heteroatoms. The summed E-state index contributed by atoms with van der Waals surface area (Å²) in [6.45, 7) is 74.5. The molecular formula is C58H97F13Si7. The van der Waals surface area contributed by atoms with Gasteiger partial charge in [-0.25, -0.2) is 0 Å². The molecule has 0 aromatic heterocycles. The van der Waals surface area contributed by atoms with Crippen LogP contribution in [0.25, 0.3) is 0 Å². The van der Waals surface area contributed by atoms with Gasteiger partial charge in [0.1, 0.15) is 37.8 Å². The fourth-order valence-corrected chi connectivity index (χ4v) is 19.8. The lowest BCUT2D eigenvalue weighted by Crippen LogP contribution is -2.48. The van der Waals surface area contributed by atoms with Gasteiger partial charge in [-0.15, -0.1) is 112 Å². The highest BCUT2D eigenvalue weighted by atomic mass is 28.4. The maximum absolute atomic E-state index is 13.1. The molecule has 0 bridgehead atoms. The molecule has 1 unspecified atom stereocenters. The molecule has 0 rings (SSSR count). The molecule has 0 fully saturated rings.